The molecule has 0 bridgehead atoms. The van der Waals surface area contributed by atoms with Crippen molar-refractivity contribution in [2.75, 3.05) is 39.3 Å². The molecule has 0 spiro atoms. The highest BCUT2D eigenvalue weighted by Gasteiger charge is 2.17. The van der Waals surface area contributed by atoms with Gasteiger partial charge in [-0.3, -0.25) is 4.90 Å². The van der Waals surface area contributed by atoms with Crippen molar-refractivity contribution >= 4 is 21.4 Å². The van der Waals surface area contributed by atoms with Gasteiger partial charge in [0.2, 0.25) is 10.0 Å². The van der Waals surface area contributed by atoms with E-state index >= 15 is 0 Å². The van der Waals surface area contributed by atoms with Crippen molar-refractivity contribution in [1.82, 2.24) is 14.9 Å². The SMILES string of the molecule is N#Cc1ccc(S(=O)(=O)NCCN2CCNCC2)s1. The smallest absolute Gasteiger partial charge is 0.250 e. The van der Waals surface area contributed by atoms with Gasteiger partial charge >= 0.3 is 0 Å². The number of nitrogens with zero attached hydrogens (tertiary/aromatic N) is 2. The first-order chi connectivity index (χ1) is 9.12. The fraction of sp³-hybridized carbons (Fsp3) is 0.545. The van der Waals surface area contributed by atoms with Gasteiger partial charge in [-0.2, -0.15) is 5.26 Å². The average molecular weight is 300 g/mol. The summed E-state index contributed by atoms with van der Waals surface area (Å²) < 4.78 is 26.7. The summed E-state index contributed by atoms with van der Waals surface area (Å²) in [5.41, 5.74) is 0. The van der Waals surface area contributed by atoms with Crippen molar-refractivity contribution in [2.45, 2.75) is 4.21 Å². The molecular weight excluding hydrogens is 284 g/mol. The summed E-state index contributed by atoms with van der Waals surface area (Å²) in [5, 5.41) is 11.9. The minimum absolute atomic E-state index is 0.198. The van der Waals surface area contributed by atoms with Gasteiger partial charge < -0.3 is 5.32 Å². The Hall–Kier alpha value is -0.980. The van der Waals surface area contributed by atoms with Crippen LogP contribution in [0.2, 0.25) is 0 Å². The lowest BCUT2D eigenvalue weighted by atomic mass is 10.3. The second-order valence-corrected chi connectivity index (χ2v) is 7.30. The molecule has 1 aromatic heterocycles. The van der Waals surface area contributed by atoms with Gasteiger partial charge in [-0.1, -0.05) is 0 Å². The Morgan fingerprint density at radius 2 is 2.16 bits per heavy atom. The predicted molar refractivity (Wildman–Crippen MR) is 73.5 cm³/mol. The summed E-state index contributed by atoms with van der Waals surface area (Å²) in [4.78, 5) is 2.62. The van der Waals surface area contributed by atoms with Crippen molar-refractivity contribution in [2.24, 2.45) is 0 Å². The Labute approximate surface area is 117 Å². The number of piperazine rings is 1. The molecule has 1 saturated heterocycles. The molecule has 0 saturated carbocycles. The highest BCUT2D eigenvalue weighted by molar-refractivity contribution is 7.91. The first-order valence-corrected chi connectivity index (χ1v) is 8.34. The molecule has 8 heteroatoms. The van der Waals surface area contributed by atoms with Crippen LogP contribution in [0.4, 0.5) is 0 Å². The van der Waals surface area contributed by atoms with Crippen LogP contribution in [0.25, 0.3) is 0 Å². The first kappa shape index (κ1) is 14.4. The fourth-order valence-electron chi connectivity index (χ4n) is 1.87. The van der Waals surface area contributed by atoms with E-state index in [1.165, 1.54) is 12.1 Å². The fourth-order valence-corrected chi connectivity index (χ4v) is 4.04. The predicted octanol–water partition coefficient (Wildman–Crippen LogP) is -0.197. The summed E-state index contributed by atoms with van der Waals surface area (Å²) in [6.45, 7) is 4.88. The van der Waals surface area contributed by atoms with Crippen molar-refractivity contribution < 1.29 is 8.42 Å². The molecule has 0 radical (unpaired) electrons. The summed E-state index contributed by atoms with van der Waals surface area (Å²) in [5.74, 6) is 0. The topological polar surface area (TPSA) is 85.2 Å². The number of hydrogen-bond donors (Lipinski definition) is 2. The lowest BCUT2D eigenvalue weighted by Gasteiger charge is -2.26. The molecular formula is C11H16N4O2S2. The van der Waals surface area contributed by atoms with E-state index in [0.29, 0.717) is 18.0 Å². The number of rotatable bonds is 5. The third-order valence-electron chi connectivity index (χ3n) is 2.89. The maximum atomic E-state index is 12.0. The van der Waals surface area contributed by atoms with Crippen molar-refractivity contribution in [1.29, 1.82) is 5.26 Å². The normalized spacial score (nSPS) is 17.2. The number of hydrogen-bond acceptors (Lipinski definition) is 6. The molecule has 0 aliphatic carbocycles. The molecule has 1 aliphatic heterocycles. The van der Waals surface area contributed by atoms with Crippen molar-refractivity contribution in [3.8, 4) is 6.07 Å². The van der Waals surface area contributed by atoms with E-state index in [0.717, 1.165) is 37.5 Å². The van der Waals surface area contributed by atoms with E-state index in [1.807, 2.05) is 6.07 Å². The lowest BCUT2D eigenvalue weighted by Crippen LogP contribution is -2.46. The molecule has 0 atom stereocenters. The van der Waals surface area contributed by atoms with Gasteiger partial charge in [0.15, 0.2) is 0 Å². The van der Waals surface area contributed by atoms with Gasteiger partial charge in [-0.15, -0.1) is 11.3 Å². The summed E-state index contributed by atoms with van der Waals surface area (Å²) >= 11 is 0.991. The largest absolute Gasteiger partial charge is 0.314 e. The van der Waals surface area contributed by atoms with Crippen LogP contribution in [-0.4, -0.2) is 52.6 Å². The standard InChI is InChI=1S/C11H16N4O2S2/c12-9-10-1-2-11(18-10)19(16,17)14-5-8-15-6-3-13-4-7-15/h1-2,13-14H,3-8H2. The Morgan fingerprint density at radius 3 is 2.79 bits per heavy atom. The molecule has 2 heterocycles. The maximum Gasteiger partial charge on any atom is 0.250 e. The molecule has 0 amide bonds. The third-order valence-corrected chi connectivity index (χ3v) is 5.83. The Morgan fingerprint density at radius 1 is 1.42 bits per heavy atom. The van der Waals surface area contributed by atoms with Crippen LogP contribution < -0.4 is 10.0 Å². The van der Waals surface area contributed by atoms with E-state index in [9.17, 15) is 8.42 Å². The zero-order chi connectivity index (χ0) is 13.7. The second-order valence-electron chi connectivity index (χ2n) is 4.22. The summed E-state index contributed by atoms with van der Waals surface area (Å²) in [6, 6.07) is 4.93. The Bertz CT molecular complexity index is 555. The molecule has 1 aliphatic rings. The van der Waals surface area contributed by atoms with E-state index < -0.39 is 10.0 Å². The number of nitriles is 1. The molecule has 19 heavy (non-hydrogen) atoms. The monoisotopic (exact) mass is 300 g/mol. The van der Waals surface area contributed by atoms with Crippen molar-refractivity contribution in [3.63, 3.8) is 0 Å². The zero-order valence-corrected chi connectivity index (χ0v) is 12.1. The number of thiophene rings is 1. The summed E-state index contributed by atoms with van der Waals surface area (Å²) in [7, 11) is -3.48. The maximum absolute atomic E-state index is 12.0. The molecule has 0 aromatic carbocycles. The van der Waals surface area contributed by atoms with E-state index in [1.54, 1.807) is 0 Å². The van der Waals surface area contributed by atoms with Crippen LogP contribution in [-0.2, 0) is 10.0 Å². The van der Waals surface area contributed by atoms with E-state index in [4.69, 9.17) is 5.26 Å². The van der Waals surface area contributed by atoms with Gasteiger partial charge in [0, 0.05) is 39.3 Å². The van der Waals surface area contributed by atoms with Crippen LogP contribution in [0.5, 0.6) is 0 Å². The van der Waals surface area contributed by atoms with Gasteiger partial charge in [0.1, 0.15) is 15.2 Å². The Balaban J connectivity index is 1.85. The highest BCUT2D eigenvalue weighted by Crippen LogP contribution is 2.20. The molecule has 104 valence electrons. The minimum Gasteiger partial charge on any atom is -0.314 e. The minimum atomic E-state index is -3.48. The van der Waals surface area contributed by atoms with Gasteiger partial charge in [-0.05, 0) is 12.1 Å². The van der Waals surface area contributed by atoms with Crippen LogP contribution in [0.3, 0.4) is 0 Å². The second kappa shape index (κ2) is 6.45. The van der Waals surface area contributed by atoms with Crippen LogP contribution in [0.15, 0.2) is 16.3 Å². The molecule has 2 N–H and O–H groups in total. The zero-order valence-electron chi connectivity index (χ0n) is 10.4. The first-order valence-electron chi connectivity index (χ1n) is 6.04. The Kier molecular flexibility index (Phi) is 4.90. The van der Waals surface area contributed by atoms with Crippen molar-refractivity contribution in [3.05, 3.63) is 17.0 Å². The molecule has 6 nitrogen and oxygen atoms in total. The van der Waals surface area contributed by atoms with Crippen LogP contribution in [0.1, 0.15) is 4.88 Å². The third kappa shape index (κ3) is 3.99. The molecule has 1 aromatic rings. The number of sulfonamides is 1. The van der Waals surface area contributed by atoms with E-state index in [-0.39, 0.29) is 4.21 Å². The number of nitrogens with one attached hydrogen (secondary N) is 2. The van der Waals surface area contributed by atoms with Crippen LogP contribution in [0, 0.1) is 11.3 Å². The lowest BCUT2D eigenvalue weighted by molar-refractivity contribution is 0.245. The van der Waals surface area contributed by atoms with E-state index in [2.05, 4.69) is 14.9 Å². The van der Waals surface area contributed by atoms with Crippen LogP contribution >= 0.6 is 11.3 Å². The van der Waals surface area contributed by atoms with Gasteiger partial charge in [0.05, 0.1) is 0 Å². The highest BCUT2D eigenvalue weighted by atomic mass is 32.2. The molecule has 2 rings (SSSR count). The molecule has 1 fully saturated rings. The van der Waals surface area contributed by atoms with Gasteiger partial charge in [-0.25, -0.2) is 13.1 Å². The quantitative estimate of drug-likeness (QED) is 0.787. The van der Waals surface area contributed by atoms with Gasteiger partial charge in [0.25, 0.3) is 0 Å². The summed E-state index contributed by atoms with van der Waals surface area (Å²) in [6.07, 6.45) is 0. The average Bonchev–Trinajstić information content (AvgIpc) is 2.89. The molecule has 0 unspecified atom stereocenters.